The highest BCUT2D eigenvalue weighted by Crippen LogP contribution is 2.18. The molecule has 3 amide bonds. The van der Waals surface area contributed by atoms with E-state index in [1.54, 1.807) is 12.0 Å². The number of nitrogens with zero attached hydrogens (tertiary/aromatic N) is 1. The number of nitrogens with one attached hydrogen (secondary N) is 2. The quantitative estimate of drug-likeness (QED) is 0.739. The molecule has 29 heavy (non-hydrogen) atoms. The van der Waals surface area contributed by atoms with Gasteiger partial charge in [0.25, 0.3) is 0 Å². The number of methoxy groups -OCH3 is 2. The molecule has 160 valence electrons. The molecule has 0 aliphatic carbocycles. The fourth-order valence-corrected chi connectivity index (χ4v) is 3.40. The number of hydrogen-bond acceptors (Lipinski definition) is 5. The first kappa shape index (κ1) is 22.7. The van der Waals surface area contributed by atoms with Crippen molar-refractivity contribution in [3.8, 4) is 5.75 Å². The number of carbonyl (C=O) groups excluding carboxylic acids is 3. The minimum absolute atomic E-state index is 0.00948. The van der Waals surface area contributed by atoms with Gasteiger partial charge in [0.1, 0.15) is 12.4 Å². The summed E-state index contributed by atoms with van der Waals surface area (Å²) in [6, 6.07) is 7.55. The van der Waals surface area contributed by atoms with Crippen LogP contribution in [-0.4, -0.2) is 63.1 Å². The van der Waals surface area contributed by atoms with Crippen LogP contribution in [0.4, 0.5) is 0 Å². The summed E-state index contributed by atoms with van der Waals surface area (Å²) in [4.78, 5) is 38.6. The molecule has 8 nitrogen and oxygen atoms in total. The van der Waals surface area contributed by atoms with Crippen LogP contribution in [0, 0.1) is 5.92 Å². The van der Waals surface area contributed by atoms with E-state index in [9.17, 15) is 14.4 Å². The van der Waals surface area contributed by atoms with Crippen molar-refractivity contribution >= 4 is 17.7 Å². The second-order valence-electron chi connectivity index (χ2n) is 7.07. The Morgan fingerprint density at radius 3 is 2.76 bits per heavy atom. The van der Waals surface area contributed by atoms with Crippen LogP contribution in [0.3, 0.4) is 0 Å². The fraction of sp³-hybridized carbons (Fsp3) is 0.571. The lowest BCUT2D eigenvalue weighted by atomic mass is 9.98. The van der Waals surface area contributed by atoms with E-state index >= 15 is 0 Å². The van der Waals surface area contributed by atoms with Gasteiger partial charge in [-0.15, -0.1) is 0 Å². The molecule has 0 spiro atoms. The molecule has 8 heteroatoms. The maximum absolute atomic E-state index is 12.8. The van der Waals surface area contributed by atoms with Gasteiger partial charge in [-0.1, -0.05) is 18.2 Å². The highest BCUT2D eigenvalue weighted by molar-refractivity contribution is 5.80. The molecule has 1 heterocycles. The second-order valence-corrected chi connectivity index (χ2v) is 7.07. The summed E-state index contributed by atoms with van der Waals surface area (Å²) < 4.78 is 10.2. The van der Waals surface area contributed by atoms with Gasteiger partial charge in [0.15, 0.2) is 0 Å². The predicted molar refractivity (Wildman–Crippen MR) is 108 cm³/mol. The Hall–Kier alpha value is -2.61. The van der Waals surface area contributed by atoms with Crippen LogP contribution in [0.25, 0.3) is 0 Å². The molecule has 1 aromatic rings. The average Bonchev–Trinajstić information content (AvgIpc) is 2.77. The second kappa shape index (κ2) is 12.1. The number of benzene rings is 1. The van der Waals surface area contributed by atoms with Crippen molar-refractivity contribution in [3.05, 3.63) is 29.8 Å². The highest BCUT2D eigenvalue weighted by atomic mass is 16.5. The summed E-state index contributed by atoms with van der Waals surface area (Å²) in [5, 5.41) is 5.82. The lowest BCUT2D eigenvalue weighted by molar-refractivity contribution is -0.135. The molecule has 2 rings (SSSR count). The van der Waals surface area contributed by atoms with Crippen molar-refractivity contribution in [2.75, 3.05) is 40.5 Å². The first-order chi connectivity index (χ1) is 14.0. The molecule has 1 aliphatic rings. The molecular formula is C21H31N3O5. The molecular weight excluding hydrogens is 374 g/mol. The Morgan fingerprint density at radius 1 is 1.21 bits per heavy atom. The third-order valence-corrected chi connectivity index (χ3v) is 5.04. The lowest BCUT2D eigenvalue weighted by Crippen LogP contribution is -2.37. The summed E-state index contributed by atoms with van der Waals surface area (Å²) in [5.41, 5.74) is 0.907. The van der Waals surface area contributed by atoms with Gasteiger partial charge >= 0.3 is 0 Å². The van der Waals surface area contributed by atoms with Gasteiger partial charge in [0.05, 0.1) is 7.11 Å². The van der Waals surface area contributed by atoms with E-state index in [2.05, 4.69) is 10.6 Å². The maximum atomic E-state index is 12.8. The van der Waals surface area contributed by atoms with Crippen molar-refractivity contribution in [3.63, 3.8) is 0 Å². The molecule has 1 atom stereocenters. The summed E-state index contributed by atoms with van der Waals surface area (Å²) in [7, 11) is 3.07. The van der Waals surface area contributed by atoms with Crippen LogP contribution in [0.5, 0.6) is 5.75 Å². The zero-order valence-corrected chi connectivity index (χ0v) is 17.2. The number of amides is 3. The summed E-state index contributed by atoms with van der Waals surface area (Å²) >= 11 is 0. The smallest absolute Gasteiger partial charge is 0.248 e. The van der Waals surface area contributed by atoms with Gasteiger partial charge in [-0.3, -0.25) is 14.4 Å². The van der Waals surface area contributed by atoms with Gasteiger partial charge in [0, 0.05) is 51.2 Å². The molecule has 0 radical (unpaired) electrons. The number of ether oxygens (including phenoxy) is 2. The Kier molecular flexibility index (Phi) is 9.43. The fourth-order valence-electron chi connectivity index (χ4n) is 3.40. The molecule has 0 bridgehead atoms. The number of rotatable bonds is 6. The monoisotopic (exact) mass is 405 g/mol. The van der Waals surface area contributed by atoms with E-state index < -0.39 is 0 Å². The van der Waals surface area contributed by atoms with Crippen LogP contribution in [-0.2, 0) is 25.7 Å². The maximum Gasteiger partial charge on any atom is 0.248 e. The molecule has 1 aromatic carbocycles. The summed E-state index contributed by atoms with van der Waals surface area (Å²) in [6.07, 6.45) is 2.15. The summed E-state index contributed by atoms with van der Waals surface area (Å²) in [5.74, 6) is 0.184. The molecule has 1 saturated heterocycles. The van der Waals surface area contributed by atoms with E-state index in [0.29, 0.717) is 45.4 Å². The van der Waals surface area contributed by atoms with Gasteiger partial charge < -0.3 is 25.0 Å². The van der Waals surface area contributed by atoms with E-state index in [0.717, 1.165) is 11.3 Å². The zero-order chi connectivity index (χ0) is 21.1. The molecule has 1 fully saturated rings. The lowest BCUT2D eigenvalue weighted by Gasteiger charge is -2.22. The van der Waals surface area contributed by atoms with Gasteiger partial charge in [0.2, 0.25) is 17.7 Å². The first-order valence-corrected chi connectivity index (χ1v) is 9.98. The Balaban J connectivity index is 1.96. The summed E-state index contributed by atoms with van der Waals surface area (Å²) in [6.45, 7) is 1.68. The van der Waals surface area contributed by atoms with Gasteiger partial charge in [-0.2, -0.15) is 0 Å². The highest BCUT2D eigenvalue weighted by Gasteiger charge is 2.22. The minimum atomic E-state index is -0.234. The van der Waals surface area contributed by atoms with E-state index in [1.165, 1.54) is 7.11 Å². The van der Waals surface area contributed by atoms with Crippen LogP contribution in [0.2, 0.25) is 0 Å². The number of carbonyl (C=O) groups is 3. The van der Waals surface area contributed by atoms with Crippen LogP contribution >= 0.6 is 0 Å². The molecule has 2 N–H and O–H groups in total. The topological polar surface area (TPSA) is 97.0 Å². The van der Waals surface area contributed by atoms with Crippen LogP contribution < -0.4 is 15.4 Å². The number of para-hydroxylation sites is 1. The van der Waals surface area contributed by atoms with Crippen molar-refractivity contribution < 1.29 is 23.9 Å². The molecule has 1 unspecified atom stereocenters. The Bertz CT molecular complexity index is 695. The predicted octanol–water partition coefficient (Wildman–Crippen LogP) is 1.09. The average molecular weight is 405 g/mol. The van der Waals surface area contributed by atoms with Crippen molar-refractivity contribution in [1.29, 1.82) is 0 Å². The third kappa shape index (κ3) is 7.38. The molecule has 0 saturated carbocycles. The third-order valence-electron chi connectivity index (χ3n) is 5.04. The van der Waals surface area contributed by atoms with Crippen LogP contribution in [0.1, 0.15) is 31.2 Å². The Labute approximate surface area is 171 Å². The van der Waals surface area contributed by atoms with Crippen molar-refractivity contribution in [1.82, 2.24) is 15.5 Å². The van der Waals surface area contributed by atoms with E-state index in [-0.39, 0.29) is 36.7 Å². The SMILES string of the molecule is COCC(=O)N1CCCC(C(=O)NCc2ccccc2OC)CCNC(=O)CC1. The Morgan fingerprint density at radius 2 is 2.00 bits per heavy atom. The largest absolute Gasteiger partial charge is 0.496 e. The van der Waals surface area contributed by atoms with E-state index in [4.69, 9.17) is 9.47 Å². The normalized spacial score (nSPS) is 18.3. The zero-order valence-electron chi connectivity index (χ0n) is 17.2. The first-order valence-electron chi connectivity index (χ1n) is 9.98. The standard InChI is InChI=1S/C21H31N3O5/c1-28-15-20(26)24-12-5-7-16(9-11-22-19(25)10-13-24)21(27)23-14-17-6-3-4-8-18(17)29-2/h3-4,6,8,16H,5,7,9-15H2,1-2H3,(H,22,25)(H,23,27). The van der Waals surface area contributed by atoms with Gasteiger partial charge in [-0.25, -0.2) is 0 Å². The van der Waals surface area contributed by atoms with Gasteiger partial charge in [-0.05, 0) is 25.3 Å². The van der Waals surface area contributed by atoms with E-state index in [1.807, 2.05) is 24.3 Å². The van der Waals surface area contributed by atoms with Crippen molar-refractivity contribution in [2.45, 2.75) is 32.2 Å². The number of hydrogen-bond donors (Lipinski definition) is 2. The molecule has 0 aromatic heterocycles. The molecule has 1 aliphatic heterocycles. The minimum Gasteiger partial charge on any atom is -0.496 e. The van der Waals surface area contributed by atoms with Crippen LogP contribution in [0.15, 0.2) is 24.3 Å². The van der Waals surface area contributed by atoms with Crippen molar-refractivity contribution in [2.24, 2.45) is 5.92 Å².